The first-order valence-corrected chi connectivity index (χ1v) is 6.98. The van der Waals surface area contributed by atoms with Crippen LogP contribution in [0.5, 0.6) is 0 Å². The van der Waals surface area contributed by atoms with Gasteiger partial charge in [-0.05, 0) is 25.5 Å². The van der Waals surface area contributed by atoms with Crippen molar-refractivity contribution in [3.63, 3.8) is 0 Å². The van der Waals surface area contributed by atoms with Crippen LogP contribution in [0, 0.1) is 12.7 Å². The van der Waals surface area contributed by atoms with Gasteiger partial charge in [-0.15, -0.1) is 11.3 Å². The number of hydrogen-bond acceptors (Lipinski definition) is 3. The van der Waals surface area contributed by atoms with Gasteiger partial charge in [-0.25, -0.2) is 9.37 Å². The fourth-order valence-electron chi connectivity index (χ4n) is 1.43. The highest BCUT2D eigenvalue weighted by Gasteiger charge is 2.08. The minimum absolute atomic E-state index is 0.177. The third-order valence-electron chi connectivity index (χ3n) is 2.57. The monoisotopic (exact) mass is 290 g/mol. The summed E-state index contributed by atoms with van der Waals surface area (Å²) in [5.74, 6) is -0.177. The SMILES string of the molecule is C=CC(=C)C.Cc1nc(N)sc1Cc1ccccc1F. The number of halogens is 1. The van der Waals surface area contributed by atoms with Gasteiger partial charge in [0.2, 0.25) is 0 Å². The number of allylic oxidation sites excluding steroid dienone is 2. The maximum atomic E-state index is 13.4. The highest BCUT2D eigenvalue weighted by molar-refractivity contribution is 7.15. The van der Waals surface area contributed by atoms with Gasteiger partial charge in [-0.3, -0.25) is 0 Å². The summed E-state index contributed by atoms with van der Waals surface area (Å²) in [6.45, 7) is 10.8. The second kappa shape index (κ2) is 7.60. The lowest BCUT2D eigenvalue weighted by Gasteiger charge is -2.00. The van der Waals surface area contributed by atoms with Crippen molar-refractivity contribution in [3.8, 4) is 0 Å². The lowest BCUT2D eigenvalue weighted by molar-refractivity contribution is 0.614. The van der Waals surface area contributed by atoms with Gasteiger partial charge in [0.05, 0.1) is 5.69 Å². The molecule has 0 amide bonds. The second-order valence-electron chi connectivity index (χ2n) is 4.38. The highest BCUT2D eigenvalue weighted by Crippen LogP contribution is 2.23. The summed E-state index contributed by atoms with van der Waals surface area (Å²) in [6, 6.07) is 6.77. The summed E-state index contributed by atoms with van der Waals surface area (Å²) in [5, 5.41) is 0.541. The van der Waals surface area contributed by atoms with Crippen LogP contribution in [0.1, 0.15) is 23.1 Å². The maximum Gasteiger partial charge on any atom is 0.180 e. The van der Waals surface area contributed by atoms with E-state index in [9.17, 15) is 4.39 Å². The van der Waals surface area contributed by atoms with Crippen molar-refractivity contribution >= 4 is 16.5 Å². The molecule has 1 aromatic heterocycles. The smallest absolute Gasteiger partial charge is 0.180 e. The summed E-state index contributed by atoms with van der Waals surface area (Å²) in [4.78, 5) is 5.14. The molecule has 2 N–H and O–H groups in total. The number of benzene rings is 1. The Morgan fingerprint density at radius 2 is 2.05 bits per heavy atom. The second-order valence-corrected chi connectivity index (χ2v) is 5.49. The molecule has 0 fully saturated rings. The van der Waals surface area contributed by atoms with Crippen molar-refractivity contribution in [1.29, 1.82) is 0 Å². The molecule has 0 aliphatic rings. The van der Waals surface area contributed by atoms with Crippen molar-refractivity contribution in [2.75, 3.05) is 5.73 Å². The first-order valence-electron chi connectivity index (χ1n) is 6.17. The van der Waals surface area contributed by atoms with E-state index in [1.807, 2.05) is 19.9 Å². The standard InChI is InChI=1S/C11H11FN2S.C5H8/c1-7-10(15-11(13)14-7)6-8-4-2-3-5-9(8)12;1-4-5(2)3/h2-5H,6H2,1H3,(H2,13,14);4H,1-2H2,3H3. The highest BCUT2D eigenvalue weighted by atomic mass is 32.1. The molecule has 0 aliphatic carbocycles. The topological polar surface area (TPSA) is 38.9 Å². The molecule has 0 bridgehead atoms. The number of aryl methyl sites for hydroxylation is 1. The summed E-state index contributed by atoms with van der Waals surface area (Å²) >= 11 is 1.42. The Kier molecular flexibility index (Phi) is 6.12. The molecular formula is C16H19FN2S. The number of hydrogen-bond donors (Lipinski definition) is 1. The Hall–Kier alpha value is -1.94. The maximum absolute atomic E-state index is 13.4. The van der Waals surface area contributed by atoms with Gasteiger partial charge < -0.3 is 5.73 Å². The molecule has 4 heteroatoms. The number of nitrogens with two attached hydrogens (primary N) is 1. The number of nitrogen functional groups attached to an aromatic ring is 1. The Morgan fingerprint density at radius 1 is 1.45 bits per heavy atom. The molecule has 0 aliphatic heterocycles. The minimum atomic E-state index is -0.177. The van der Waals surface area contributed by atoms with E-state index >= 15 is 0 Å². The van der Waals surface area contributed by atoms with E-state index < -0.39 is 0 Å². The molecule has 1 aromatic carbocycles. The third-order valence-corrected chi connectivity index (χ3v) is 3.55. The van der Waals surface area contributed by atoms with E-state index in [4.69, 9.17) is 5.73 Å². The minimum Gasteiger partial charge on any atom is -0.375 e. The quantitative estimate of drug-likeness (QED) is 0.845. The Bertz CT molecular complexity index is 602. The van der Waals surface area contributed by atoms with Crippen LogP contribution in [0.2, 0.25) is 0 Å². The number of nitrogens with zero attached hydrogens (tertiary/aromatic N) is 1. The molecule has 0 saturated carbocycles. The molecule has 2 rings (SSSR count). The predicted octanol–water partition coefficient (Wildman–Crippen LogP) is 4.51. The number of rotatable bonds is 3. The Labute approximate surface area is 123 Å². The fraction of sp³-hybridized carbons (Fsp3) is 0.188. The molecule has 0 atom stereocenters. The van der Waals surface area contributed by atoms with Crippen molar-refractivity contribution in [1.82, 2.24) is 4.98 Å². The van der Waals surface area contributed by atoms with Gasteiger partial charge in [0.1, 0.15) is 5.82 Å². The zero-order valence-corrected chi connectivity index (χ0v) is 12.6. The van der Waals surface area contributed by atoms with Gasteiger partial charge in [0.25, 0.3) is 0 Å². The average molecular weight is 290 g/mol. The molecule has 0 saturated heterocycles. The Balaban J connectivity index is 0.000000347. The summed E-state index contributed by atoms with van der Waals surface area (Å²) in [7, 11) is 0. The van der Waals surface area contributed by atoms with Gasteiger partial charge in [-0.2, -0.15) is 0 Å². The van der Waals surface area contributed by atoms with Crippen LogP contribution in [0.25, 0.3) is 0 Å². The number of aromatic nitrogens is 1. The zero-order valence-electron chi connectivity index (χ0n) is 11.8. The van der Waals surface area contributed by atoms with Gasteiger partial charge >= 0.3 is 0 Å². The van der Waals surface area contributed by atoms with Crippen LogP contribution < -0.4 is 5.73 Å². The average Bonchev–Trinajstić information content (AvgIpc) is 2.71. The molecular weight excluding hydrogens is 271 g/mol. The van der Waals surface area contributed by atoms with Gasteiger partial charge in [0, 0.05) is 11.3 Å². The van der Waals surface area contributed by atoms with E-state index in [-0.39, 0.29) is 5.82 Å². The van der Waals surface area contributed by atoms with Crippen molar-refractivity contribution in [2.45, 2.75) is 20.3 Å². The molecule has 0 spiro atoms. The summed E-state index contributed by atoms with van der Waals surface area (Å²) in [6.07, 6.45) is 2.29. The van der Waals surface area contributed by atoms with E-state index in [1.165, 1.54) is 17.4 Å². The van der Waals surface area contributed by atoms with Gasteiger partial charge in [-0.1, -0.05) is 43.0 Å². The normalized spacial score (nSPS) is 9.55. The first-order chi connectivity index (χ1) is 9.43. The largest absolute Gasteiger partial charge is 0.375 e. The predicted molar refractivity (Wildman–Crippen MR) is 85.5 cm³/mol. The molecule has 2 aromatic rings. The molecule has 20 heavy (non-hydrogen) atoms. The van der Waals surface area contributed by atoms with E-state index in [2.05, 4.69) is 18.1 Å². The lowest BCUT2D eigenvalue weighted by Crippen LogP contribution is -1.91. The van der Waals surface area contributed by atoms with Crippen molar-refractivity contribution in [3.05, 3.63) is 71.0 Å². The van der Waals surface area contributed by atoms with Crippen LogP contribution in [0.3, 0.4) is 0 Å². The van der Waals surface area contributed by atoms with Crippen LogP contribution >= 0.6 is 11.3 Å². The van der Waals surface area contributed by atoms with Crippen LogP contribution in [-0.2, 0) is 6.42 Å². The molecule has 106 valence electrons. The van der Waals surface area contributed by atoms with Crippen LogP contribution in [0.4, 0.5) is 9.52 Å². The fourth-order valence-corrected chi connectivity index (χ4v) is 2.29. The zero-order chi connectivity index (χ0) is 15.1. The van der Waals surface area contributed by atoms with Gasteiger partial charge in [0.15, 0.2) is 5.13 Å². The van der Waals surface area contributed by atoms with Crippen LogP contribution in [-0.4, -0.2) is 4.98 Å². The third kappa shape index (κ3) is 4.97. The van der Waals surface area contributed by atoms with E-state index in [1.54, 1.807) is 18.2 Å². The number of thiazole rings is 1. The number of anilines is 1. The molecule has 1 heterocycles. The van der Waals surface area contributed by atoms with Crippen molar-refractivity contribution < 1.29 is 4.39 Å². The summed E-state index contributed by atoms with van der Waals surface area (Å²) in [5.41, 5.74) is 8.18. The summed E-state index contributed by atoms with van der Waals surface area (Å²) < 4.78 is 13.4. The van der Waals surface area contributed by atoms with Crippen molar-refractivity contribution in [2.24, 2.45) is 0 Å². The molecule has 2 nitrogen and oxygen atoms in total. The lowest BCUT2D eigenvalue weighted by atomic mass is 10.1. The molecule has 0 unspecified atom stereocenters. The Morgan fingerprint density at radius 3 is 2.50 bits per heavy atom. The van der Waals surface area contributed by atoms with E-state index in [0.717, 1.165) is 16.1 Å². The van der Waals surface area contributed by atoms with E-state index in [0.29, 0.717) is 17.1 Å². The molecule has 0 radical (unpaired) electrons. The first kappa shape index (κ1) is 16.1. The van der Waals surface area contributed by atoms with Crippen LogP contribution in [0.15, 0.2) is 49.1 Å².